The molecule has 0 amide bonds. The van der Waals surface area contributed by atoms with Crippen molar-refractivity contribution in [3.63, 3.8) is 0 Å². The van der Waals surface area contributed by atoms with Crippen LogP contribution < -0.4 is 0 Å². The predicted molar refractivity (Wildman–Crippen MR) is 20.9 cm³/mol. The van der Waals surface area contributed by atoms with Gasteiger partial charge in [-0.15, -0.1) is 0 Å². The van der Waals surface area contributed by atoms with Crippen LogP contribution in [0, 0.1) is 0 Å². The van der Waals surface area contributed by atoms with Crippen LogP contribution in [-0.2, 0) is 37.7 Å². The highest BCUT2D eigenvalue weighted by Crippen LogP contribution is 2.09. The third-order valence-electron chi connectivity index (χ3n) is 0.210. The van der Waals surface area contributed by atoms with Gasteiger partial charge < -0.3 is 0 Å². The van der Waals surface area contributed by atoms with Crippen molar-refractivity contribution in [3.8, 4) is 0 Å². The van der Waals surface area contributed by atoms with Crippen molar-refractivity contribution in [2.75, 3.05) is 0 Å². The minimum atomic E-state index is -3.26. The van der Waals surface area contributed by atoms with Crippen LogP contribution in [0.15, 0.2) is 0 Å². The van der Waals surface area contributed by atoms with Crippen molar-refractivity contribution in [2.45, 2.75) is 0 Å². The summed E-state index contributed by atoms with van der Waals surface area (Å²) in [4.78, 5) is 0. The molecule has 10 heteroatoms. The first-order valence-corrected chi connectivity index (χ1v) is 3.79. The van der Waals surface area contributed by atoms with E-state index in [4.69, 9.17) is 0 Å². The van der Waals surface area contributed by atoms with Crippen molar-refractivity contribution in [1.82, 2.24) is 0 Å². The molecule has 0 saturated heterocycles. The summed E-state index contributed by atoms with van der Waals surface area (Å²) in [6.45, 7) is 0. The lowest BCUT2D eigenvalue weighted by atomic mass is 14.4. The van der Waals surface area contributed by atoms with E-state index >= 15 is 0 Å². The summed E-state index contributed by atoms with van der Waals surface area (Å²) in [5.74, 6) is 0. The lowest BCUT2D eigenvalue weighted by Gasteiger charge is -1.85. The fraction of sp³-hybridized carbons (Fsp3) is 0. The Kier molecular flexibility index (Phi) is 5.23. The zero-order valence-electron chi connectivity index (χ0n) is 4.16. The Balaban J connectivity index is 3.21. The first-order chi connectivity index (χ1) is 4.63. The van der Waals surface area contributed by atoms with Crippen LogP contribution in [0.1, 0.15) is 0 Å². The highest BCUT2D eigenvalue weighted by atomic mass is 31.1. The monoisotopic (exact) mass is 190 g/mol. The zero-order chi connectivity index (χ0) is 7.98. The minimum absolute atomic E-state index is 3.20. The first kappa shape index (κ1) is 9.64. The molecular weight excluding hydrogens is 190 g/mol. The summed E-state index contributed by atoms with van der Waals surface area (Å²) in [6, 6.07) is 0. The fourth-order valence-electron chi connectivity index (χ4n) is 0.0745. The van der Waals surface area contributed by atoms with Gasteiger partial charge in [0.2, 0.25) is 0 Å². The average Bonchev–Trinajstić information content (AvgIpc) is 1.79. The summed E-state index contributed by atoms with van der Waals surface area (Å²) < 4.78 is 44.3. The molecule has 0 aliphatic carbocycles. The van der Waals surface area contributed by atoms with E-state index < -0.39 is 15.8 Å². The van der Waals surface area contributed by atoms with Gasteiger partial charge in [0.15, 0.2) is 0 Å². The van der Waals surface area contributed by atoms with E-state index in [2.05, 4.69) is 19.4 Å². The maximum Gasteiger partial charge on any atom is 0.498 e. The summed E-state index contributed by atoms with van der Waals surface area (Å²) in [5.41, 5.74) is 0. The third kappa shape index (κ3) is 7.64. The second-order valence-corrected chi connectivity index (χ2v) is 1.92. The van der Waals surface area contributed by atoms with Crippen LogP contribution in [-0.4, -0.2) is 0 Å². The lowest BCUT2D eigenvalue weighted by molar-refractivity contribution is -0.576. The topological polar surface area (TPSA) is 105 Å². The molecule has 0 bridgehead atoms. The van der Waals surface area contributed by atoms with E-state index in [1.807, 2.05) is 0 Å². The lowest BCUT2D eigenvalue weighted by Crippen LogP contribution is -1.84. The van der Waals surface area contributed by atoms with E-state index in [0.717, 1.165) is 0 Å². The highest BCUT2D eigenvalue weighted by molar-refractivity contribution is 7.24. The normalized spacial score (nSPS) is 9.20. The molecule has 0 spiro atoms. The molecule has 0 unspecified atom stereocenters. The van der Waals surface area contributed by atoms with Crippen LogP contribution in [0.4, 0.5) is 0 Å². The Labute approximate surface area is 54.6 Å². The van der Waals surface area contributed by atoms with Gasteiger partial charge in [-0.2, -0.15) is 0 Å². The maximum absolute atomic E-state index is 9.45. The Bertz CT molecular complexity index is 167. The minimum Gasteiger partial charge on any atom is -0.201 e. The average molecular weight is 190 g/mol. The second-order valence-electron chi connectivity index (χ2n) is 0.732. The molecule has 0 radical (unpaired) electrons. The highest BCUT2D eigenvalue weighted by Gasteiger charge is 1.96. The third-order valence-corrected chi connectivity index (χ3v) is 0.576. The molecule has 10 heavy (non-hydrogen) atoms. The van der Waals surface area contributed by atoms with E-state index in [1.165, 1.54) is 0 Å². The fourth-order valence-corrected chi connectivity index (χ4v) is 0.224. The van der Waals surface area contributed by atoms with Gasteiger partial charge in [0.1, 0.15) is 0 Å². The Hall–Kier alpha value is -0.360. The summed E-state index contributed by atoms with van der Waals surface area (Å²) in [5, 5.41) is 6.41. The molecule has 0 aromatic rings. The molecule has 0 aliphatic heterocycles. The van der Waals surface area contributed by atoms with Crippen molar-refractivity contribution < 1.29 is 37.7 Å². The van der Waals surface area contributed by atoms with Gasteiger partial charge in [0.05, 0.1) is 0 Å². The Morgan fingerprint density at radius 1 is 0.700 bits per heavy atom. The van der Waals surface area contributed by atoms with E-state index in [1.54, 1.807) is 0 Å². The van der Waals surface area contributed by atoms with E-state index in [-0.39, 0.29) is 0 Å². The molecule has 0 saturated carbocycles. The molecule has 0 aliphatic rings. The molecule has 58 valence electrons. The molecular formula is O8P2. The van der Waals surface area contributed by atoms with Crippen LogP contribution in [0.3, 0.4) is 0 Å². The van der Waals surface area contributed by atoms with Gasteiger partial charge in [-0.25, -0.2) is 18.3 Å². The van der Waals surface area contributed by atoms with Gasteiger partial charge >= 0.3 is 15.8 Å². The summed E-state index contributed by atoms with van der Waals surface area (Å²) in [7, 11) is -6.51. The summed E-state index contributed by atoms with van der Waals surface area (Å²) in [6.07, 6.45) is 0. The summed E-state index contributed by atoms with van der Waals surface area (Å²) >= 11 is 0. The van der Waals surface area contributed by atoms with Gasteiger partial charge in [0.25, 0.3) is 0 Å². The SMILES string of the molecule is O=P(=O)OOOOP(=O)=O. The molecule has 0 rings (SSSR count). The van der Waals surface area contributed by atoms with Gasteiger partial charge in [-0.1, -0.05) is 9.35 Å². The number of rotatable bonds is 5. The molecule has 0 fully saturated rings. The standard InChI is InChI=1S/O8P2/c1-9(2)7-5-6-8-10(3)4. The molecule has 0 N–H and O–H groups in total. The quantitative estimate of drug-likeness (QED) is 0.273. The smallest absolute Gasteiger partial charge is 0.201 e. The van der Waals surface area contributed by atoms with Crippen molar-refractivity contribution in [3.05, 3.63) is 0 Å². The van der Waals surface area contributed by atoms with Crippen LogP contribution in [0.25, 0.3) is 0 Å². The molecule has 0 aromatic heterocycles. The maximum atomic E-state index is 9.45. The van der Waals surface area contributed by atoms with Gasteiger partial charge in [0, 0.05) is 0 Å². The van der Waals surface area contributed by atoms with Crippen molar-refractivity contribution in [2.24, 2.45) is 0 Å². The Morgan fingerprint density at radius 3 is 1.20 bits per heavy atom. The molecule has 0 heterocycles. The van der Waals surface area contributed by atoms with Crippen LogP contribution in [0.2, 0.25) is 0 Å². The van der Waals surface area contributed by atoms with Gasteiger partial charge in [-0.05, 0) is 10.1 Å². The van der Waals surface area contributed by atoms with E-state index in [9.17, 15) is 18.3 Å². The zero-order valence-corrected chi connectivity index (χ0v) is 5.95. The largest absolute Gasteiger partial charge is 0.498 e. The van der Waals surface area contributed by atoms with Crippen molar-refractivity contribution >= 4 is 15.8 Å². The Morgan fingerprint density at radius 2 is 1.00 bits per heavy atom. The van der Waals surface area contributed by atoms with E-state index in [0.29, 0.717) is 0 Å². The number of hydrogen-bond acceptors (Lipinski definition) is 8. The molecule has 8 nitrogen and oxygen atoms in total. The van der Waals surface area contributed by atoms with Crippen LogP contribution in [0.5, 0.6) is 0 Å². The number of hydrogen-bond donors (Lipinski definition) is 0. The van der Waals surface area contributed by atoms with Gasteiger partial charge in [-0.3, -0.25) is 0 Å². The molecule has 0 atom stereocenters. The van der Waals surface area contributed by atoms with Crippen LogP contribution >= 0.6 is 15.8 Å². The van der Waals surface area contributed by atoms with Crippen molar-refractivity contribution in [1.29, 1.82) is 0 Å². The predicted octanol–water partition coefficient (Wildman–Crippen LogP) is 0.974. The second kappa shape index (κ2) is 5.43. The molecule has 0 aromatic carbocycles. The first-order valence-electron chi connectivity index (χ1n) is 1.60.